The van der Waals surface area contributed by atoms with Gasteiger partial charge in [0.05, 0.1) is 6.54 Å². The van der Waals surface area contributed by atoms with E-state index in [9.17, 15) is 9.59 Å². The lowest BCUT2D eigenvalue weighted by molar-refractivity contribution is -0.121. The molecule has 1 aromatic rings. The first-order valence-electron chi connectivity index (χ1n) is 6.39. The van der Waals surface area contributed by atoms with E-state index in [0.29, 0.717) is 18.7 Å². The van der Waals surface area contributed by atoms with Crippen molar-refractivity contribution >= 4 is 11.8 Å². The van der Waals surface area contributed by atoms with Crippen molar-refractivity contribution < 1.29 is 9.59 Å². The third-order valence-corrected chi connectivity index (χ3v) is 2.71. The maximum Gasteiger partial charge on any atom is 0.254 e. The van der Waals surface area contributed by atoms with Gasteiger partial charge in [-0.05, 0) is 24.1 Å². The quantitative estimate of drug-likeness (QED) is 0.795. The van der Waals surface area contributed by atoms with E-state index in [2.05, 4.69) is 5.32 Å². The lowest BCUT2D eigenvalue weighted by Gasteiger charge is -2.17. The molecular formula is C14H21N3O2. The standard InChI is InChI=1S/C14H21N3O2/c1-3-7-16-13(18)10-17(2)14(19)12-6-4-5-11(8-12)9-15/h4-6,8H,3,7,9-10,15H2,1-2H3,(H,16,18). The first-order valence-corrected chi connectivity index (χ1v) is 6.39. The number of rotatable bonds is 6. The molecule has 5 heteroatoms. The van der Waals surface area contributed by atoms with Gasteiger partial charge in [-0.3, -0.25) is 9.59 Å². The summed E-state index contributed by atoms with van der Waals surface area (Å²) < 4.78 is 0. The van der Waals surface area contributed by atoms with E-state index < -0.39 is 0 Å². The minimum Gasteiger partial charge on any atom is -0.355 e. The molecule has 0 spiro atoms. The van der Waals surface area contributed by atoms with E-state index in [4.69, 9.17) is 5.73 Å². The van der Waals surface area contributed by atoms with Gasteiger partial charge in [0.2, 0.25) is 5.91 Å². The summed E-state index contributed by atoms with van der Waals surface area (Å²) in [5.41, 5.74) is 6.99. The van der Waals surface area contributed by atoms with Crippen molar-refractivity contribution in [1.29, 1.82) is 0 Å². The summed E-state index contributed by atoms with van der Waals surface area (Å²) in [6, 6.07) is 7.13. The number of carbonyl (C=O) groups is 2. The molecule has 0 fully saturated rings. The number of hydrogen-bond donors (Lipinski definition) is 2. The Morgan fingerprint density at radius 1 is 1.37 bits per heavy atom. The molecule has 5 nitrogen and oxygen atoms in total. The molecule has 0 aliphatic heterocycles. The van der Waals surface area contributed by atoms with Gasteiger partial charge in [0, 0.05) is 25.7 Å². The normalized spacial score (nSPS) is 10.1. The van der Waals surface area contributed by atoms with E-state index >= 15 is 0 Å². The van der Waals surface area contributed by atoms with E-state index in [0.717, 1.165) is 12.0 Å². The molecule has 0 aromatic heterocycles. The van der Waals surface area contributed by atoms with Crippen LogP contribution in [0.25, 0.3) is 0 Å². The second-order valence-corrected chi connectivity index (χ2v) is 4.42. The SMILES string of the molecule is CCCNC(=O)CN(C)C(=O)c1cccc(CN)c1. The molecule has 0 heterocycles. The highest BCUT2D eigenvalue weighted by molar-refractivity contribution is 5.96. The predicted octanol–water partition coefficient (Wildman–Crippen LogP) is 0.743. The Morgan fingerprint density at radius 2 is 2.11 bits per heavy atom. The van der Waals surface area contributed by atoms with Crippen molar-refractivity contribution in [3.8, 4) is 0 Å². The highest BCUT2D eigenvalue weighted by Gasteiger charge is 2.14. The highest BCUT2D eigenvalue weighted by Crippen LogP contribution is 2.07. The van der Waals surface area contributed by atoms with Crippen LogP contribution in [0.1, 0.15) is 29.3 Å². The van der Waals surface area contributed by atoms with Crippen LogP contribution < -0.4 is 11.1 Å². The summed E-state index contributed by atoms with van der Waals surface area (Å²) in [5, 5.41) is 2.74. The zero-order valence-electron chi connectivity index (χ0n) is 11.5. The van der Waals surface area contributed by atoms with Crippen molar-refractivity contribution in [2.45, 2.75) is 19.9 Å². The topological polar surface area (TPSA) is 75.4 Å². The summed E-state index contributed by atoms with van der Waals surface area (Å²) in [6.07, 6.45) is 0.877. The molecule has 0 bridgehead atoms. The first kappa shape index (κ1) is 15.2. The molecule has 1 aromatic carbocycles. The highest BCUT2D eigenvalue weighted by atomic mass is 16.2. The molecule has 0 saturated heterocycles. The fourth-order valence-electron chi connectivity index (χ4n) is 1.66. The van der Waals surface area contributed by atoms with Crippen molar-refractivity contribution in [1.82, 2.24) is 10.2 Å². The van der Waals surface area contributed by atoms with Crippen LogP contribution in [0.4, 0.5) is 0 Å². The second kappa shape index (κ2) is 7.53. The molecule has 0 atom stereocenters. The number of nitrogens with zero attached hydrogens (tertiary/aromatic N) is 1. The zero-order chi connectivity index (χ0) is 14.3. The molecule has 0 unspecified atom stereocenters. The van der Waals surface area contributed by atoms with E-state index in [1.54, 1.807) is 25.2 Å². The Morgan fingerprint density at radius 3 is 2.74 bits per heavy atom. The molecule has 0 aliphatic rings. The first-order chi connectivity index (χ1) is 9.08. The fraction of sp³-hybridized carbons (Fsp3) is 0.429. The van der Waals surface area contributed by atoms with Crippen LogP contribution in [0.3, 0.4) is 0 Å². The van der Waals surface area contributed by atoms with Crippen LogP contribution in [-0.4, -0.2) is 36.9 Å². The summed E-state index contributed by atoms with van der Waals surface area (Å²) >= 11 is 0. The van der Waals surface area contributed by atoms with Gasteiger partial charge < -0.3 is 16.0 Å². The minimum atomic E-state index is -0.179. The molecule has 104 valence electrons. The second-order valence-electron chi connectivity index (χ2n) is 4.42. The van der Waals surface area contributed by atoms with Crippen LogP contribution in [0, 0.1) is 0 Å². The van der Waals surface area contributed by atoms with Crippen molar-refractivity contribution in [2.24, 2.45) is 5.73 Å². The van der Waals surface area contributed by atoms with Gasteiger partial charge in [-0.25, -0.2) is 0 Å². The van der Waals surface area contributed by atoms with E-state index in [1.165, 1.54) is 4.90 Å². The molecule has 19 heavy (non-hydrogen) atoms. The van der Waals surface area contributed by atoms with Gasteiger partial charge in [0.15, 0.2) is 0 Å². The minimum absolute atomic E-state index is 0.0612. The lowest BCUT2D eigenvalue weighted by atomic mass is 10.1. The van der Waals surface area contributed by atoms with Crippen molar-refractivity contribution in [3.05, 3.63) is 35.4 Å². The molecule has 0 aliphatic carbocycles. The van der Waals surface area contributed by atoms with Crippen LogP contribution >= 0.6 is 0 Å². The monoisotopic (exact) mass is 263 g/mol. The Bertz CT molecular complexity index is 446. The Kier molecular flexibility index (Phi) is 6.02. The average Bonchev–Trinajstić information content (AvgIpc) is 2.44. The van der Waals surface area contributed by atoms with E-state index in [-0.39, 0.29) is 18.4 Å². The van der Waals surface area contributed by atoms with Crippen molar-refractivity contribution in [3.63, 3.8) is 0 Å². The zero-order valence-corrected chi connectivity index (χ0v) is 11.5. The summed E-state index contributed by atoms with van der Waals surface area (Å²) in [6.45, 7) is 3.06. The number of carbonyl (C=O) groups excluding carboxylic acids is 2. The van der Waals surface area contributed by atoms with E-state index in [1.807, 2.05) is 13.0 Å². The number of nitrogens with one attached hydrogen (secondary N) is 1. The lowest BCUT2D eigenvalue weighted by Crippen LogP contribution is -2.38. The van der Waals surface area contributed by atoms with Gasteiger partial charge in [0.1, 0.15) is 0 Å². The number of amides is 2. The molecular weight excluding hydrogens is 242 g/mol. The van der Waals surface area contributed by atoms with Crippen molar-refractivity contribution in [2.75, 3.05) is 20.1 Å². The van der Waals surface area contributed by atoms with Gasteiger partial charge >= 0.3 is 0 Å². The number of benzene rings is 1. The van der Waals surface area contributed by atoms with Crippen LogP contribution in [0.15, 0.2) is 24.3 Å². The Labute approximate surface area is 113 Å². The maximum absolute atomic E-state index is 12.1. The molecule has 0 radical (unpaired) electrons. The summed E-state index contributed by atoms with van der Waals surface area (Å²) in [5.74, 6) is -0.324. The number of hydrogen-bond acceptors (Lipinski definition) is 3. The largest absolute Gasteiger partial charge is 0.355 e. The Balaban J connectivity index is 2.63. The third kappa shape index (κ3) is 4.71. The van der Waals surface area contributed by atoms with Gasteiger partial charge in [0.25, 0.3) is 5.91 Å². The molecule has 3 N–H and O–H groups in total. The maximum atomic E-state index is 12.1. The summed E-state index contributed by atoms with van der Waals surface area (Å²) in [4.78, 5) is 25.1. The Hall–Kier alpha value is -1.88. The molecule has 1 rings (SSSR count). The number of likely N-dealkylation sites (N-methyl/N-ethyl adjacent to an activating group) is 1. The number of nitrogens with two attached hydrogens (primary N) is 1. The van der Waals surface area contributed by atoms with Gasteiger partial charge in [-0.2, -0.15) is 0 Å². The third-order valence-electron chi connectivity index (χ3n) is 2.71. The summed E-state index contributed by atoms with van der Waals surface area (Å²) in [7, 11) is 1.61. The van der Waals surface area contributed by atoms with Gasteiger partial charge in [-0.15, -0.1) is 0 Å². The fourth-order valence-corrected chi connectivity index (χ4v) is 1.66. The van der Waals surface area contributed by atoms with Crippen LogP contribution in [0.2, 0.25) is 0 Å². The van der Waals surface area contributed by atoms with Gasteiger partial charge in [-0.1, -0.05) is 19.1 Å². The predicted molar refractivity (Wildman–Crippen MR) is 74.6 cm³/mol. The molecule has 2 amide bonds. The van der Waals surface area contributed by atoms with Crippen LogP contribution in [-0.2, 0) is 11.3 Å². The average molecular weight is 263 g/mol. The smallest absolute Gasteiger partial charge is 0.254 e. The molecule has 0 saturated carbocycles. The van der Waals surface area contributed by atoms with Crippen LogP contribution in [0.5, 0.6) is 0 Å².